The molecule has 1 N–H and O–H groups in total. The van der Waals surface area contributed by atoms with Crippen molar-refractivity contribution in [2.45, 2.75) is 31.1 Å². The van der Waals surface area contributed by atoms with Crippen molar-refractivity contribution in [1.29, 1.82) is 0 Å². The fourth-order valence-electron chi connectivity index (χ4n) is 4.69. The molecule has 0 fully saturated rings. The van der Waals surface area contributed by atoms with E-state index in [4.69, 9.17) is 26.4 Å². The summed E-state index contributed by atoms with van der Waals surface area (Å²) >= 11 is 7.76. The lowest BCUT2D eigenvalue weighted by Crippen LogP contribution is -2.32. The van der Waals surface area contributed by atoms with Gasteiger partial charge in [0.15, 0.2) is 0 Å². The lowest BCUT2D eigenvalue weighted by Gasteiger charge is -2.39. The minimum absolute atomic E-state index is 0.172. The smallest absolute Gasteiger partial charge is 0.227 e. The zero-order valence-corrected chi connectivity index (χ0v) is 20.6. The van der Waals surface area contributed by atoms with Crippen molar-refractivity contribution in [2.75, 3.05) is 11.6 Å². The van der Waals surface area contributed by atoms with E-state index >= 15 is 0 Å². The Labute approximate surface area is 207 Å². The van der Waals surface area contributed by atoms with Gasteiger partial charge >= 0.3 is 0 Å². The number of hydrogen-bond donors (Lipinski definition) is 1. The molecule has 0 spiro atoms. The van der Waals surface area contributed by atoms with Crippen LogP contribution in [-0.2, 0) is 0 Å². The normalized spacial score (nSPS) is 18.5. The molecule has 3 heterocycles. The van der Waals surface area contributed by atoms with Crippen LogP contribution in [0.25, 0.3) is 5.70 Å². The minimum Gasteiger partial charge on any atom is -0.480 e. The monoisotopic (exact) mass is 486 g/mol. The van der Waals surface area contributed by atoms with Gasteiger partial charge in [-0.25, -0.2) is 4.68 Å². The molecule has 4 aromatic rings. The number of fused-ring (bicyclic) bond motifs is 3. The first kappa shape index (κ1) is 21.3. The molecule has 2 aliphatic rings. The Kier molecular flexibility index (Phi) is 5.15. The summed E-state index contributed by atoms with van der Waals surface area (Å²) in [4.78, 5) is 4.77. The molecular weight excluding hydrogens is 464 g/mol. The van der Waals surface area contributed by atoms with Gasteiger partial charge in [-0.2, -0.15) is 4.98 Å². The summed E-state index contributed by atoms with van der Waals surface area (Å²) in [6, 6.07) is 22.6. The molecule has 7 heteroatoms. The summed E-state index contributed by atoms with van der Waals surface area (Å²) in [5, 5.41) is 9.89. The van der Waals surface area contributed by atoms with Gasteiger partial charge in [0.05, 0.1) is 5.70 Å². The zero-order chi connectivity index (χ0) is 23.4. The van der Waals surface area contributed by atoms with E-state index in [2.05, 4.69) is 55.6 Å². The maximum atomic E-state index is 6.70. The number of anilines is 1. The molecule has 0 aliphatic carbocycles. The SMILES string of the molecule is CSc1nc2n(n1)C(c1ccc(C)cc1)C1=C(N2)c2cc(C)ccc2OC1c1ccc(Cl)cc1. The largest absolute Gasteiger partial charge is 0.480 e. The molecule has 2 unspecified atom stereocenters. The average molecular weight is 487 g/mol. The van der Waals surface area contributed by atoms with Crippen LogP contribution < -0.4 is 10.1 Å². The summed E-state index contributed by atoms with van der Waals surface area (Å²) in [5.74, 6) is 1.58. The fraction of sp³-hybridized carbons (Fsp3) is 0.185. The molecule has 170 valence electrons. The van der Waals surface area contributed by atoms with E-state index in [1.54, 1.807) is 0 Å². The van der Waals surface area contributed by atoms with Crippen LogP contribution in [0, 0.1) is 13.8 Å². The van der Waals surface area contributed by atoms with Crippen LogP contribution >= 0.6 is 23.4 Å². The van der Waals surface area contributed by atoms with Crippen molar-refractivity contribution in [3.63, 3.8) is 0 Å². The highest BCUT2D eigenvalue weighted by molar-refractivity contribution is 7.98. The Morgan fingerprint density at radius 3 is 2.38 bits per heavy atom. The highest BCUT2D eigenvalue weighted by atomic mass is 35.5. The minimum atomic E-state index is -0.309. The maximum Gasteiger partial charge on any atom is 0.227 e. The van der Waals surface area contributed by atoms with Gasteiger partial charge in [-0.15, -0.1) is 5.10 Å². The molecule has 3 aromatic carbocycles. The Bertz CT molecular complexity index is 1430. The molecular formula is C27H23ClN4OS. The van der Waals surface area contributed by atoms with E-state index in [1.165, 1.54) is 22.9 Å². The quantitative estimate of drug-likeness (QED) is 0.321. The van der Waals surface area contributed by atoms with Crippen molar-refractivity contribution >= 4 is 35.0 Å². The summed E-state index contributed by atoms with van der Waals surface area (Å²) in [5.41, 5.74) is 7.73. The molecule has 2 atom stereocenters. The Balaban J connectivity index is 1.63. The molecule has 34 heavy (non-hydrogen) atoms. The number of halogens is 1. The first-order valence-electron chi connectivity index (χ1n) is 11.1. The van der Waals surface area contributed by atoms with Crippen LogP contribution in [0.5, 0.6) is 5.75 Å². The molecule has 6 rings (SSSR count). The molecule has 0 saturated heterocycles. The second-order valence-electron chi connectivity index (χ2n) is 8.68. The Hall–Kier alpha value is -3.22. The van der Waals surface area contributed by atoms with Crippen LogP contribution in [0.2, 0.25) is 5.02 Å². The molecule has 5 nitrogen and oxygen atoms in total. The standard InChI is InChI=1S/C27H23ClN4OS/c1-15-4-7-17(8-5-15)24-22-23(29-26-30-27(34-3)31-32(24)26)20-14-16(2)6-13-21(20)33-25(22)18-9-11-19(28)12-10-18/h4-14,24-25H,1-3H3,(H,29,30,31). The molecule has 1 aromatic heterocycles. The third kappa shape index (κ3) is 3.49. The number of nitrogens with zero attached hydrogens (tertiary/aromatic N) is 3. The van der Waals surface area contributed by atoms with Crippen LogP contribution in [-0.4, -0.2) is 21.0 Å². The number of rotatable bonds is 3. The van der Waals surface area contributed by atoms with Crippen molar-refractivity contribution in [3.8, 4) is 5.75 Å². The maximum absolute atomic E-state index is 6.70. The van der Waals surface area contributed by atoms with Crippen LogP contribution in [0.1, 0.15) is 40.0 Å². The van der Waals surface area contributed by atoms with Gasteiger partial charge in [-0.05, 0) is 55.5 Å². The van der Waals surface area contributed by atoms with Gasteiger partial charge in [0, 0.05) is 16.2 Å². The van der Waals surface area contributed by atoms with Crippen molar-refractivity contribution in [2.24, 2.45) is 0 Å². The van der Waals surface area contributed by atoms with Crippen LogP contribution in [0.15, 0.2) is 77.5 Å². The number of aromatic nitrogens is 3. The third-order valence-electron chi connectivity index (χ3n) is 6.36. The highest BCUT2D eigenvalue weighted by Crippen LogP contribution is 2.51. The van der Waals surface area contributed by atoms with Crippen LogP contribution in [0.4, 0.5) is 5.95 Å². The van der Waals surface area contributed by atoms with Gasteiger partial charge in [0.2, 0.25) is 11.1 Å². The summed E-state index contributed by atoms with van der Waals surface area (Å²) in [6.07, 6.45) is 1.68. The number of hydrogen-bond acceptors (Lipinski definition) is 5. The second-order valence-corrected chi connectivity index (χ2v) is 9.89. The van der Waals surface area contributed by atoms with Gasteiger partial charge in [0.25, 0.3) is 0 Å². The van der Waals surface area contributed by atoms with Gasteiger partial charge in [-0.1, -0.05) is 77.0 Å². The molecule has 0 saturated carbocycles. The van der Waals surface area contributed by atoms with Crippen molar-refractivity contribution in [1.82, 2.24) is 14.8 Å². The lowest BCUT2D eigenvalue weighted by atomic mass is 9.84. The van der Waals surface area contributed by atoms with Crippen molar-refractivity contribution < 1.29 is 4.74 Å². The summed E-state index contributed by atoms with van der Waals surface area (Å²) in [6.45, 7) is 4.20. The van der Waals surface area contributed by atoms with E-state index in [0.29, 0.717) is 5.02 Å². The average Bonchev–Trinajstić information content (AvgIpc) is 3.27. The number of aryl methyl sites for hydroxylation is 2. The first-order valence-corrected chi connectivity index (χ1v) is 12.7. The van der Waals surface area contributed by atoms with Crippen molar-refractivity contribution in [3.05, 3.63) is 105 Å². The molecule has 0 bridgehead atoms. The van der Waals surface area contributed by atoms with E-state index in [-0.39, 0.29) is 12.1 Å². The fourth-order valence-corrected chi connectivity index (χ4v) is 5.17. The molecule has 2 aliphatic heterocycles. The first-order chi connectivity index (χ1) is 16.5. The third-order valence-corrected chi connectivity index (χ3v) is 7.15. The predicted molar refractivity (Wildman–Crippen MR) is 138 cm³/mol. The Morgan fingerprint density at radius 2 is 1.65 bits per heavy atom. The summed E-state index contributed by atoms with van der Waals surface area (Å²) in [7, 11) is 0. The lowest BCUT2D eigenvalue weighted by molar-refractivity contribution is 0.223. The topological polar surface area (TPSA) is 52.0 Å². The zero-order valence-electron chi connectivity index (χ0n) is 19.0. The number of ether oxygens (including phenoxy) is 1. The highest BCUT2D eigenvalue weighted by Gasteiger charge is 2.41. The number of nitrogens with one attached hydrogen (secondary N) is 1. The van der Waals surface area contributed by atoms with E-state index < -0.39 is 0 Å². The van der Waals surface area contributed by atoms with E-state index in [9.17, 15) is 0 Å². The van der Waals surface area contributed by atoms with Gasteiger partial charge in [0.1, 0.15) is 17.9 Å². The molecule has 0 radical (unpaired) electrons. The number of thioether (sulfide) groups is 1. The summed E-state index contributed by atoms with van der Waals surface area (Å²) < 4.78 is 8.69. The predicted octanol–water partition coefficient (Wildman–Crippen LogP) is 6.83. The Morgan fingerprint density at radius 1 is 0.941 bits per heavy atom. The second kappa shape index (κ2) is 8.22. The van der Waals surface area contributed by atoms with E-state index in [1.807, 2.05) is 41.3 Å². The van der Waals surface area contributed by atoms with Gasteiger partial charge in [-0.3, -0.25) is 0 Å². The molecule has 0 amide bonds. The van der Waals surface area contributed by atoms with Crippen LogP contribution in [0.3, 0.4) is 0 Å². The number of benzene rings is 3. The van der Waals surface area contributed by atoms with E-state index in [0.717, 1.165) is 44.8 Å². The van der Waals surface area contributed by atoms with Gasteiger partial charge < -0.3 is 10.1 Å².